The summed E-state index contributed by atoms with van der Waals surface area (Å²) in [4.78, 5) is 14.6. The standard InChI is InChI=1S/C20H23ClN2O5S/c1-27-15-7-9-18(28-2)19(13-15)29(25,26)22-17-12-14(21)6-8-16(17)20(24)23-10-4-3-5-11-23/h6-9,12-13,22H,3-5,10-11H2,1-2H3. The van der Waals surface area contributed by atoms with E-state index in [0.717, 1.165) is 19.3 Å². The quantitative estimate of drug-likeness (QED) is 0.741. The first kappa shape index (κ1) is 21.3. The number of anilines is 1. The van der Waals surface area contributed by atoms with Crippen molar-refractivity contribution >= 4 is 33.2 Å². The largest absolute Gasteiger partial charge is 0.497 e. The summed E-state index contributed by atoms with van der Waals surface area (Å²) in [5.74, 6) is 0.294. The maximum atomic E-state index is 13.1. The van der Waals surface area contributed by atoms with Crippen LogP contribution in [0.2, 0.25) is 5.02 Å². The number of ether oxygens (including phenoxy) is 2. The van der Waals surface area contributed by atoms with Gasteiger partial charge in [-0.15, -0.1) is 0 Å². The van der Waals surface area contributed by atoms with Crippen molar-refractivity contribution in [2.24, 2.45) is 0 Å². The van der Waals surface area contributed by atoms with Gasteiger partial charge in [0.2, 0.25) is 0 Å². The van der Waals surface area contributed by atoms with Gasteiger partial charge in [0.1, 0.15) is 16.4 Å². The second-order valence-corrected chi connectivity index (χ2v) is 8.75. The third-order valence-electron chi connectivity index (χ3n) is 4.76. The molecular formula is C20H23ClN2O5S. The van der Waals surface area contributed by atoms with Gasteiger partial charge < -0.3 is 14.4 Å². The van der Waals surface area contributed by atoms with Gasteiger partial charge >= 0.3 is 0 Å². The zero-order chi connectivity index (χ0) is 21.0. The lowest BCUT2D eigenvalue weighted by Crippen LogP contribution is -2.36. The SMILES string of the molecule is COc1ccc(OC)c(S(=O)(=O)Nc2cc(Cl)ccc2C(=O)N2CCCCC2)c1. The highest BCUT2D eigenvalue weighted by Crippen LogP contribution is 2.32. The number of carbonyl (C=O) groups is 1. The first-order valence-electron chi connectivity index (χ1n) is 9.19. The number of nitrogens with zero attached hydrogens (tertiary/aromatic N) is 1. The lowest BCUT2D eigenvalue weighted by atomic mass is 10.1. The summed E-state index contributed by atoms with van der Waals surface area (Å²) in [6, 6.07) is 9.01. The fourth-order valence-corrected chi connectivity index (χ4v) is 4.68. The number of piperidine rings is 1. The summed E-state index contributed by atoms with van der Waals surface area (Å²) in [6.07, 6.45) is 2.95. The van der Waals surface area contributed by atoms with Gasteiger partial charge in [-0.1, -0.05) is 11.6 Å². The van der Waals surface area contributed by atoms with E-state index in [2.05, 4.69) is 4.72 Å². The van der Waals surface area contributed by atoms with Gasteiger partial charge in [-0.3, -0.25) is 9.52 Å². The number of benzene rings is 2. The van der Waals surface area contributed by atoms with Crippen LogP contribution in [-0.4, -0.2) is 46.5 Å². The van der Waals surface area contributed by atoms with Gasteiger partial charge in [-0.25, -0.2) is 8.42 Å². The van der Waals surface area contributed by atoms with E-state index in [0.29, 0.717) is 23.9 Å². The Labute approximate surface area is 175 Å². The van der Waals surface area contributed by atoms with Crippen LogP contribution in [0, 0.1) is 0 Å². The molecule has 0 radical (unpaired) electrons. The number of likely N-dealkylation sites (tertiary alicyclic amines) is 1. The van der Waals surface area contributed by atoms with Crippen LogP contribution in [0.25, 0.3) is 0 Å². The Morgan fingerprint density at radius 1 is 1.03 bits per heavy atom. The number of sulfonamides is 1. The molecule has 3 rings (SSSR count). The Bertz CT molecular complexity index is 1000. The van der Waals surface area contributed by atoms with Crippen molar-refractivity contribution in [3.63, 3.8) is 0 Å². The average Bonchev–Trinajstić information content (AvgIpc) is 2.73. The topological polar surface area (TPSA) is 84.9 Å². The Morgan fingerprint density at radius 3 is 2.41 bits per heavy atom. The molecule has 0 unspecified atom stereocenters. The van der Waals surface area contributed by atoms with Gasteiger partial charge in [0.15, 0.2) is 0 Å². The van der Waals surface area contributed by atoms with Gasteiger partial charge in [0, 0.05) is 24.2 Å². The van der Waals surface area contributed by atoms with Crippen LogP contribution in [-0.2, 0) is 10.0 Å². The minimum absolute atomic E-state index is 0.101. The lowest BCUT2D eigenvalue weighted by molar-refractivity contribution is 0.0725. The van der Waals surface area contributed by atoms with Crippen molar-refractivity contribution in [3.05, 3.63) is 47.0 Å². The molecule has 0 bridgehead atoms. The summed E-state index contributed by atoms with van der Waals surface area (Å²) in [6.45, 7) is 1.30. The Morgan fingerprint density at radius 2 is 1.76 bits per heavy atom. The Kier molecular flexibility index (Phi) is 6.54. The maximum Gasteiger partial charge on any atom is 0.265 e. The molecule has 1 heterocycles. The first-order valence-corrected chi connectivity index (χ1v) is 11.1. The molecule has 0 aromatic heterocycles. The van der Waals surface area contributed by atoms with E-state index >= 15 is 0 Å². The number of nitrogens with one attached hydrogen (secondary N) is 1. The molecule has 1 aliphatic rings. The normalized spacial score (nSPS) is 14.4. The molecule has 0 atom stereocenters. The zero-order valence-corrected chi connectivity index (χ0v) is 17.8. The van der Waals surface area contributed by atoms with E-state index in [1.807, 2.05) is 0 Å². The van der Waals surface area contributed by atoms with Crippen molar-refractivity contribution in [3.8, 4) is 11.5 Å². The second-order valence-electron chi connectivity index (χ2n) is 6.67. The highest BCUT2D eigenvalue weighted by molar-refractivity contribution is 7.92. The van der Waals surface area contributed by atoms with E-state index in [1.165, 1.54) is 32.4 Å². The molecular weight excluding hydrogens is 416 g/mol. The average molecular weight is 439 g/mol. The minimum Gasteiger partial charge on any atom is -0.497 e. The van der Waals surface area contributed by atoms with E-state index < -0.39 is 10.0 Å². The van der Waals surface area contributed by atoms with Crippen molar-refractivity contribution in [2.75, 3.05) is 32.0 Å². The highest BCUT2D eigenvalue weighted by atomic mass is 35.5. The third-order valence-corrected chi connectivity index (χ3v) is 6.38. The second kappa shape index (κ2) is 8.92. The van der Waals surface area contributed by atoms with Crippen LogP contribution in [0.5, 0.6) is 11.5 Å². The van der Waals surface area contributed by atoms with Gasteiger partial charge in [-0.2, -0.15) is 0 Å². The first-order chi connectivity index (χ1) is 13.9. The van der Waals surface area contributed by atoms with E-state index in [4.69, 9.17) is 21.1 Å². The fraction of sp³-hybridized carbons (Fsp3) is 0.350. The van der Waals surface area contributed by atoms with Gasteiger partial charge in [0.05, 0.1) is 25.5 Å². The van der Waals surface area contributed by atoms with Crippen LogP contribution in [0.3, 0.4) is 0 Å². The number of carbonyl (C=O) groups excluding carboxylic acids is 1. The molecule has 9 heteroatoms. The number of amides is 1. The summed E-state index contributed by atoms with van der Waals surface area (Å²) in [7, 11) is -1.25. The van der Waals surface area contributed by atoms with Gasteiger partial charge in [0.25, 0.3) is 15.9 Å². The predicted octanol–water partition coefficient (Wildman–Crippen LogP) is 3.78. The van der Waals surface area contributed by atoms with Crippen molar-refractivity contribution in [1.82, 2.24) is 4.90 Å². The maximum absolute atomic E-state index is 13.1. The van der Waals surface area contributed by atoms with Crippen molar-refractivity contribution in [1.29, 1.82) is 0 Å². The molecule has 156 valence electrons. The molecule has 0 saturated carbocycles. The smallest absolute Gasteiger partial charge is 0.265 e. The van der Waals surface area contributed by atoms with Gasteiger partial charge in [-0.05, 0) is 49.6 Å². The molecule has 7 nitrogen and oxygen atoms in total. The van der Waals surface area contributed by atoms with Crippen LogP contribution < -0.4 is 14.2 Å². The van der Waals surface area contributed by atoms with Crippen molar-refractivity contribution in [2.45, 2.75) is 24.2 Å². The molecule has 2 aromatic carbocycles. The Balaban J connectivity index is 1.99. The monoisotopic (exact) mass is 438 g/mol. The minimum atomic E-state index is -4.08. The number of hydrogen-bond donors (Lipinski definition) is 1. The van der Waals surface area contributed by atoms with E-state index in [1.54, 1.807) is 23.1 Å². The van der Waals surface area contributed by atoms with Crippen LogP contribution in [0.1, 0.15) is 29.6 Å². The van der Waals surface area contributed by atoms with Crippen molar-refractivity contribution < 1.29 is 22.7 Å². The van der Waals surface area contributed by atoms with E-state index in [9.17, 15) is 13.2 Å². The summed E-state index contributed by atoms with van der Waals surface area (Å²) < 4.78 is 39.0. The molecule has 0 spiro atoms. The lowest BCUT2D eigenvalue weighted by Gasteiger charge is -2.27. The number of rotatable bonds is 6. The summed E-state index contributed by atoms with van der Waals surface area (Å²) in [5.41, 5.74) is 0.375. The third kappa shape index (κ3) is 4.76. The van der Waals surface area contributed by atoms with Crippen LogP contribution in [0.15, 0.2) is 41.3 Å². The number of methoxy groups -OCH3 is 2. The molecule has 0 aliphatic carbocycles. The Hall–Kier alpha value is -2.45. The highest BCUT2D eigenvalue weighted by Gasteiger charge is 2.26. The zero-order valence-electron chi connectivity index (χ0n) is 16.3. The molecule has 1 fully saturated rings. The van der Waals surface area contributed by atoms with E-state index in [-0.39, 0.29) is 27.8 Å². The molecule has 1 aliphatic heterocycles. The fourth-order valence-electron chi connectivity index (χ4n) is 3.25. The molecule has 2 aromatic rings. The predicted molar refractivity (Wildman–Crippen MR) is 112 cm³/mol. The summed E-state index contributed by atoms with van der Waals surface area (Å²) >= 11 is 6.08. The van der Waals surface area contributed by atoms with Crippen LogP contribution >= 0.6 is 11.6 Å². The van der Waals surface area contributed by atoms with Crippen LogP contribution in [0.4, 0.5) is 5.69 Å². The summed E-state index contributed by atoms with van der Waals surface area (Å²) in [5, 5.41) is 0.315. The molecule has 1 N–H and O–H groups in total. The molecule has 29 heavy (non-hydrogen) atoms. The number of hydrogen-bond acceptors (Lipinski definition) is 5. The molecule has 1 saturated heterocycles. The number of halogens is 1. The molecule has 1 amide bonds.